The summed E-state index contributed by atoms with van der Waals surface area (Å²) in [5.74, 6) is 0. The lowest BCUT2D eigenvalue weighted by Gasteiger charge is -2.27. The van der Waals surface area contributed by atoms with Crippen LogP contribution in [0.3, 0.4) is 0 Å². The number of rotatable bonds is 12. The number of anilines is 1. The third-order valence-electron chi connectivity index (χ3n) is 6.39. The zero-order valence-electron chi connectivity index (χ0n) is 21.9. The largest absolute Gasteiger partial charge is 0.399 e. The van der Waals surface area contributed by atoms with Crippen molar-refractivity contribution in [1.29, 1.82) is 0 Å². The van der Waals surface area contributed by atoms with Crippen LogP contribution in [0.2, 0.25) is 0 Å². The molecule has 1 aliphatic rings. The van der Waals surface area contributed by atoms with Crippen molar-refractivity contribution < 1.29 is 0 Å². The van der Waals surface area contributed by atoms with E-state index in [4.69, 9.17) is 11.5 Å². The molecule has 0 bridgehead atoms. The van der Waals surface area contributed by atoms with Gasteiger partial charge in [0.05, 0.1) is 11.4 Å². The number of nitrogens with one attached hydrogen (secondary N) is 3. The standard InChI is InChI=1S/C32H37N5/c1-19(16-20(2)25(7)36-26(8)29-14-12-28(13-15-29)23(5)33)24(6)35-18-27-10-9-11-30(17-27)37-32-22(4)21(3)31(32)34/h9-17,26,35-37H,2-7,18,33-34H2,1,8H3/b19-16+. The number of benzene rings is 2. The first-order valence-electron chi connectivity index (χ1n) is 12.0. The summed E-state index contributed by atoms with van der Waals surface area (Å²) in [6, 6.07) is 16.2. The molecule has 7 N–H and O–H groups in total. The van der Waals surface area contributed by atoms with Gasteiger partial charge in [-0.25, -0.2) is 0 Å². The molecular formula is C32H37N5. The first-order chi connectivity index (χ1) is 17.5. The van der Waals surface area contributed by atoms with E-state index in [1.54, 1.807) is 0 Å². The summed E-state index contributed by atoms with van der Waals surface area (Å²) < 4.78 is 0. The summed E-state index contributed by atoms with van der Waals surface area (Å²) >= 11 is 0. The fourth-order valence-corrected chi connectivity index (χ4v) is 3.82. The molecular weight excluding hydrogens is 454 g/mol. The van der Waals surface area contributed by atoms with Crippen molar-refractivity contribution in [3.8, 4) is 0 Å². The van der Waals surface area contributed by atoms with Gasteiger partial charge in [0, 0.05) is 46.5 Å². The average molecular weight is 492 g/mol. The zero-order chi connectivity index (χ0) is 27.3. The highest BCUT2D eigenvalue weighted by atomic mass is 14.9. The van der Waals surface area contributed by atoms with Crippen LogP contribution in [0.1, 0.15) is 36.6 Å². The molecule has 0 spiro atoms. The highest BCUT2D eigenvalue weighted by Gasteiger charge is 2.23. The molecule has 0 aliphatic heterocycles. The van der Waals surface area contributed by atoms with E-state index in [9.17, 15) is 0 Å². The SMILES string of the molecule is C=C(/C=C(\C)C(=C)NCc1cccc(NC2=C(N)C(=C)C2=C)c1)C(=C)NC(C)c1ccc(C(=C)N)cc1. The summed E-state index contributed by atoms with van der Waals surface area (Å²) in [5.41, 5.74) is 22.9. The minimum Gasteiger partial charge on any atom is -0.399 e. The second-order valence-electron chi connectivity index (χ2n) is 9.25. The van der Waals surface area contributed by atoms with Gasteiger partial charge in [0.15, 0.2) is 0 Å². The van der Waals surface area contributed by atoms with Gasteiger partial charge in [-0.2, -0.15) is 0 Å². The molecule has 0 aromatic heterocycles. The lowest BCUT2D eigenvalue weighted by molar-refractivity contribution is 0.663. The molecule has 3 rings (SSSR count). The Kier molecular flexibility index (Phi) is 8.30. The summed E-state index contributed by atoms with van der Waals surface area (Å²) in [6.45, 7) is 28.9. The molecule has 2 aromatic carbocycles. The summed E-state index contributed by atoms with van der Waals surface area (Å²) in [5, 5.41) is 10.1. The van der Waals surface area contributed by atoms with Gasteiger partial charge in [-0.05, 0) is 59.9 Å². The molecule has 1 atom stereocenters. The van der Waals surface area contributed by atoms with Crippen molar-refractivity contribution in [2.75, 3.05) is 5.32 Å². The Morgan fingerprint density at radius 1 is 0.973 bits per heavy atom. The van der Waals surface area contributed by atoms with Crippen molar-refractivity contribution in [3.05, 3.63) is 156 Å². The van der Waals surface area contributed by atoms with Crippen LogP contribution in [0.15, 0.2) is 139 Å². The number of hydrogen-bond acceptors (Lipinski definition) is 5. The van der Waals surface area contributed by atoms with Crippen LogP contribution in [-0.4, -0.2) is 0 Å². The predicted octanol–water partition coefficient (Wildman–Crippen LogP) is 6.29. The van der Waals surface area contributed by atoms with Gasteiger partial charge in [0.25, 0.3) is 0 Å². The smallest absolute Gasteiger partial charge is 0.0698 e. The van der Waals surface area contributed by atoms with Gasteiger partial charge in [0.2, 0.25) is 0 Å². The molecule has 5 heteroatoms. The van der Waals surface area contributed by atoms with E-state index < -0.39 is 0 Å². The van der Waals surface area contributed by atoms with Crippen molar-refractivity contribution >= 4 is 11.4 Å². The molecule has 0 radical (unpaired) electrons. The predicted molar refractivity (Wildman–Crippen MR) is 159 cm³/mol. The lowest BCUT2D eigenvalue weighted by atomic mass is 9.90. The van der Waals surface area contributed by atoms with E-state index in [1.807, 2.05) is 49.4 Å². The molecule has 0 fully saturated rings. The van der Waals surface area contributed by atoms with Gasteiger partial charge < -0.3 is 27.4 Å². The van der Waals surface area contributed by atoms with Crippen LogP contribution in [0.4, 0.5) is 5.69 Å². The van der Waals surface area contributed by atoms with Crippen LogP contribution < -0.4 is 27.4 Å². The molecule has 190 valence electrons. The molecule has 0 heterocycles. The topological polar surface area (TPSA) is 88.1 Å². The van der Waals surface area contributed by atoms with Crippen LogP contribution >= 0.6 is 0 Å². The highest BCUT2D eigenvalue weighted by Crippen LogP contribution is 2.34. The van der Waals surface area contributed by atoms with E-state index >= 15 is 0 Å². The lowest BCUT2D eigenvalue weighted by Crippen LogP contribution is -2.23. The third kappa shape index (κ3) is 6.53. The molecule has 1 aliphatic carbocycles. The summed E-state index contributed by atoms with van der Waals surface area (Å²) in [4.78, 5) is 0. The normalized spacial score (nSPS) is 13.9. The maximum absolute atomic E-state index is 6.01. The van der Waals surface area contributed by atoms with Gasteiger partial charge in [-0.15, -0.1) is 0 Å². The summed E-state index contributed by atoms with van der Waals surface area (Å²) in [7, 11) is 0. The molecule has 0 amide bonds. The van der Waals surface area contributed by atoms with Gasteiger partial charge >= 0.3 is 0 Å². The van der Waals surface area contributed by atoms with Crippen molar-refractivity contribution in [3.63, 3.8) is 0 Å². The van der Waals surface area contributed by atoms with Crippen molar-refractivity contribution in [1.82, 2.24) is 10.6 Å². The van der Waals surface area contributed by atoms with Crippen LogP contribution in [-0.2, 0) is 6.54 Å². The van der Waals surface area contributed by atoms with Crippen molar-refractivity contribution in [2.45, 2.75) is 26.4 Å². The monoisotopic (exact) mass is 491 g/mol. The van der Waals surface area contributed by atoms with Crippen molar-refractivity contribution in [2.24, 2.45) is 11.5 Å². The molecule has 5 nitrogen and oxygen atoms in total. The Morgan fingerprint density at radius 3 is 2.27 bits per heavy atom. The minimum atomic E-state index is 0.0570. The van der Waals surface area contributed by atoms with E-state index in [0.29, 0.717) is 17.9 Å². The number of nitrogens with two attached hydrogens (primary N) is 2. The molecule has 37 heavy (non-hydrogen) atoms. The van der Waals surface area contributed by atoms with E-state index in [-0.39, 0.29) is 6.04 Å². The molecule has 1 unspecified atom stereocenters. The van der Waals surface area contributed by atoms with Crippen LogP contribution in [0, 0.1) is 0 Å². The molecule has 0 saturated carbocycles. The molecule has 0 saturated heterocycles. The van der Waals surface area contributed by atoms with Gasteiger partial charge in [-0.3, -0.25) is 0 Å². The summed E-state index contributed by atoms with van der Waals surface area (Å²) in [6.07, 6.45) is 1.97. The Labute approximate surface area is 221 Å². The first kappa shape index (κ1) is 27.0. The second-order valence-corrected chi connectivity index (χ2v) is 9.25. The first-order valence-corrected chi connectivity index (χ1v) is 12.0. The maximum atomic E-state index is 6.01. The van der Waals surface area contributed by atoms with Gasteiger partial charge in [0.1, 0.15) is 0 Å². The number of hydrogen-bond donors (Lipinski definition) is 5. The zero-order valence-corrected chi connectivity index (χ0v) is 21.9. The minimum absolute atomic E-state index is 0.0570. The average Bonchev–Trinajstić information content (AvgIpc) is 2.89. The second kappa shape index (κ2) is 11.4. The fraction of sp³-hybridized carbons (Fsp3) is 0.125. The Morgan fingerprint density at radius 2 is 1.65 bits per heavy atom. The Balaban J connectivity index is 1.54. The van der Waals surface area contributed by atoms with E-state index in [1.165, 1.54) is 0 Å². The third-order valence-corrected chi connectivity index (χ3v) is 6.39. The quantitative estimate of drug-likeness (QED) is 0.225. The van der Waals surface area contributed by atoms with Gasteiger partial charge in [-0.1, -0.05) is 75.9 Å². The maximum Gasteiger partial charge on any atom is 0.0698 e. The van der Waals surface area contributed by atoms with E-state index in [2.05, 4.69) is 74.5 Å². The Hall–Kier alpha value is -4.64. The van der Waals surface area contributed by atoms with Crippen LogP contribution in [0.5, 0.6) is 0 Å². The molecule has 2 aromatic rings. The number of allylic oxidation sites excluding steroid dienone is 4. The highest BCUT2D eigenvalue weighted by molar-refractivity contribution is 5.72. The van der Waals surface area contributed by atoms with E-state index in [0.717, 1.165) is 61.8 Å². The fourth-order valence-electron chi connectivity index (χ4n) is 3.82. The Bertz CT molecular complexity index is 1350. The van der Waals surface area contributed by atoms with Crippen LogP contribution in [0.25, 0.3) is 5.70 Å².